The second kappa shape index (κ2) is 8.31. The summed E-state index contributed by atoms with van der Waals surface area (Å²) < 4.78 is 1.36. The predicted molar refractivity (Wildman–Crippen MR) is 108 cm³/mol. The Morgan fingerprint density at radius 2 is 1.89 bits per heavy atom. The number of halogens is 2. The minimum Gasteiger partial charge on any atom is -0.367 e. The number of rotatable bonds is 4. The Morgan fingerprint density at radius 1 is 1.19 bits per heavy atom. The van der Waals surface area contributed by atoms with Gasteiger partial charge in [0.25, 0.3) is 5.56 Å². The third-order valence-corrected chi connectivity index (χ3v) is 5.51. The van der Waals surface area contributed by atoms with Crippen molar-refractivity contribution in [1.29, 1.82) is 0 Å². The minimum absolute atomic E-state index is 0.00211. The van der Waals surface area contributed by atoms with Gasteiger partial charge in [0, 0.05) is 32.2 Å². The zero-order chi connectivity index (χ0) is 19.6. The summed E-state index contributed by atoms with van der Waals surface area (Å²) in [5.74, 6) is 0.0856. The van der Waals surface area contributed by atoms with Gasteiger partial charge in [0.15, 0.2) is 0 Å². The van der Waals surface area contributed by atoms with Crippen molar-refractivity contribution in [2.45, 2.75) is 26.3 Å². The quantitative estimate of drug-likeness (QED) is 0.779. The first-order chi connectivity index (χ1) is 12.9. The molecule has 27 heavy (non-hydrogen) atoms. The minimum atomic E-state index is -0.202. The molecule has 1 aliphatic rings. The van der Waals surface area contributed by atoms with Gasteiger partial charge in [0.05, 0.1) is 27.8 Å². The molecule has 0 atom stereocenters. The monoisotopic (exact) mass is 408 g/mol. The molecule has 1 aromatic carbocycles. The van der Waals surface area contributed by atoms with Crippen LogP contribution >= 0.6 is 23.2 Å². The Balaban J connectivity index is 1.62. The molecular formula is C19H22Cl2N4O2. The average Bonchev–Trinajstić information content (AvgIpc) is 2.65. The highest BCUT2D eigenvalue weighted by molar-refractivity contribution is 6.43. The maximum Gasteiger partial charge on any atom is 0.254 e. The number of anilines is 1. The number of aromatic nitrogens is 2. The molecule has 1 fully saturated rings. The van der Waals surface area contributed by atoms with Crippen molar-refractivity contribution in [3.63, 3.8) is 0 Å². The molecule has 0 bridgehead atoms. The number of amides is 1. The number of piperazine rings is 1. The normalized spacial score (nSPS) is 14.7. The van der Waals surface area contributed by atoms with E-state index in [-0.39, 0.29) is 23.9 Å². The molecule has 0 spiro atoms. The number of nitrogens with zero attached hydrogens (tertiary/aromatic N) is 4. The second-order valence-electron chi connectivity index (χ2n) is 6.88. The van der Waals surface area contributed by atoms with Crippen LogP contribution in [-0.4, -0.2) is 46.5 Å². The lowest BCUT2D eigenvalue weighted by Gasteiger charge is -2.36. The largest absolute Gasteiger partial charge is 0.367 e. The van der Waals surface area contributed by atoms with Gasteiger partial charge >= 0.3 is 0 Å². The maximum absolute atomic E-state index is 12.6. The van der Waals surface area contributed by atoms with Crippen LogP contribution in [0.4, 0.5) is 5.69 Å². The Kier molecular flexibility index (Phi) is 6.07. The van der Waals surface area contributed by atoms with E-state index in [1.54, 1.807) is 11.0 Å². The fourth-order valence-electron chi connectivity index (χ4n) is 3.05. The molecule has 0 N–H and O–H groups in total. The van der Waals surface area contributed by atoms with Gasteiger partial charge in [-0.1, -0.05) is 43.1 Å². The summed E-state index contributed by atoms with van der Waals surface area (Å²) >= 11 is 12.4. The molecule has 2 aromatic rings. The Hall–Kier alpha value is -2.05. The summed E-state index contributed by atoms with van der Waals surface area (Å²) in [5, 5.41) is 1.05. The molecule has 2 heterocycles. The summed E-state index contributed by atoms with van der Waals surface area (Å²) in [4.78, 5) is 32.9. The number of carbonyl (C=O) groups is 1. The van der Waals surface area contributed by atoms with Crippen LogP contribution in [-0.2, 0) is 11.3 Å². The van der Waals surface area contributed by atoms with E-state index in [2.05, 4.69) is 9.88 Å². The lowest BCUT2D eigenvalue weighted by atomic mass is 10.1. The van der Waals surface area contributed by atoms with Crippen LogP contribution in [0.1, 0.15) is 25.5 Å². The molecule has 1 aliphatic heterocycles. The van der Waals surface area contributed by atoms with Gasteiger partial charge in [-0.2, -0.15) is 0 Å². The van der Waals surface area contributed by atoms with E-state index in [0.717, 1.165) is 11.4 Å². The SMILES string of the molecule is CC(C)c1cc(=O)n(CC(=O)N2CCN(c3cccc(Cl)c3Cl)CC2)cn1. The Labute approximate surface area is 168 Å². The number of hydrogen-bond acceptors (Lipinski definition) is 4. The van der Waals surface area contributed by atoms with Crippen LogP contribution in [0.5, 0.6) is 0 Å². The zero-order valence-electron chi connectivity index (χ0n) is 15.4. The van der Waals surface area contributed by atoms with Crippen LogP contribution in [0.3, 0.4) is 0 Å². The molecule has 6 nitrogen and oxygen atoms in total. The molecule has 144 valence electrons. The highest BCUT2D eigenvalue weighted by atomic mass is 35.5. The standard InChI is InChI=1S/C19H22Cl2N4O2/c1-13(2)15-10-17(26)25(12-22-15)11-18(27)24-8-6-23(7-9-24)16-5-3-4-14(20)19(16)21/h3-5,10,12-13H,6-9,11H2,1-2H3. The fourth-order valence-corrected chi connectivity index (χ4v) is 3.47. The molecular weight excluding hydrogens is 387 g/mol. The van der Waals surface area contributed by atoms with Crippen LogP contribution in [0.2, 0.25) is 10.0 Å². The molecule has 1 saturated heterocycles. The van der Waals surface area contributed by atoms with E-state index in [1.807, 2.05) is 26.0 Å². The molecule has 3 rings (SSSR count). The molecule has 0 unspecified atom stereocenters. The first-order valence-corrected chi connectivity index (χ1v) is 9.65. The fraction of sp³-hybridized carbons (Fsp3) is 0.421. The lowest BCUT2D eigenvalue weighted by Crippen LogP contribution is -2.50. The van der Waals surface area contributed by atoms with Crippen LogP contribution in [0.25, 0.3) is 0 Å². The van der Waals surface area contributed by atoms with Crippen molar-refractivity contribution in [2.75, 3.05) is 31.1 Å². The van der Waals surface area contributed by atoms with Crippen LogP contribution in [0.15, 0.2) is 35.4 Å². The van der Waals surface area contributed by atoms with E-state index in [4.69, 9.17) is 23.2 Å². The van der Waals surface area contributed by atoms with Gasteiger partial charge in [-0.05, 0) is 18.1 Å². The summed E-state index contributed by atoms with van der Waals surface area (Å²) in [6.07, 6.45) is 1.46. The average molecular weight is 409 g/mol. The zero-order valence-corrected chi connectivity index (χ0v) is 16.9. The van der Waals surface area contributed by atoms with Gasteiger partial charge < -0.3 is 9.80 Å². The molecule has 0 saturated carbocycles. The van der Waals surface area contributed by atoms with Crippen molar-refractivity contribution in [3.8, 4) is 0 Å². The van der Waals surface area contributed by atoms with Crippen molar-refractivity contribution >= 4 is 34.8 Å². The van der Waals surface area contributed by atoms with Crippen molar-refractivity contribution in [3.05, 3.63) is 56.7 Å². The van der Waals surface area contributed by atoms with Gasteiger partial charge in [0.1, 0.15) is 6.54 Å². The van der Waals surface area contributed by atoms with E-state index < -0.39 is 0 Å². The first-order valence-electron chi connectivity index (χ1n) is 8.90. The molecule has 8 heteroatoms. The van der Waals surface area contributed by atoms with E-state index in [0.29, 0.717) is 36.2 Å². The van der Waals surface area contributed by atoms with E-state index in [1.165, 1.54) is 17.0 Å². The summed E-state index contributed by atoms with van der Waals surface area (Å²) in [6, 6.07) is 7.04. The van der Waals surface area contributed by atoms with E-state index >= 15 is 0 Å². The molecule has 1 amide bonds. The van der Waals surface area contributed by atoms with Gasteiger partial charge in [-0.25, -0.2) is 4.98 Å². The number of carbonyl (C=O) groups excluding carboxylic acids is 1. The van der Waals surface area contributed by atoms with Crippen molar-refractivity contribution in [2.24, 2.45) is 0 Å². The topological polar surface area (TPSA) is 58.4 Å². The van der Waals surface area contributed by atoms with Crippen molar-refractivity contribution in [1.82, 2.24) is 14.5 Å². The molecule has 0 radical (unpaired) electrons. The van der Waals surface area contributed by atoms with Gasteiger partial charge in [-0.3, -0.25) is 14.2 Å². The first kappa shape index (κ1) is 19.7. The van der Waals surface area contributed by atoms with Gasteiger partial charge in [-0.15, -0.1) is 0 Å². The van der Waals surface area contributed by atoms with Crippen LogP contribution in [0, 0.1) is 0 Å². The number of benzene rings is 1. The summed E-state index contributed by atoms with van der Waals surface area (Å²) in [5.41, 5.74) is 1.41. The lowest BCUT2D eigenvalue weighted by molar-refractivity contribution is -0.132. The Bertz CT molecular complexity index is 890. The predicted octanol–water partition coefficient (Wildman–Crippen LogP) is 3.02. The van der Waals surface area contributed by atoms with Gasteiger partial charge in [0.2, 0.25) is 5.91 Å². The highest BCUT2D eigenvalue weighted by Crippen LogP contribution is 2.32. The molecule has 1 aromatic heterocycles. The summed E-state index contributed by atoms with van der Waals surface area (Å²) in [6.45, 7) is 6.40. The highest BCUT2D eigenvalue weighted by Gasteiger charge is 2.23. The van der Waals surface area contributed by atoms with E-state index in [9.17, 15) is 9.59 Å². The third-order valence-electron chi connectivity index (χ3n) is 4.70. The Morgan fingerprint density at radius 3 is 2.52 bits per heavy atom. The van der Waals surface area contributed by atoms with Crippen molar-refractivity contribution < 1.29 is 4.79 Å². The number of hydrogen-bond donors (Lipinski definition) is 0. The smallest absolute Gasteiger partial charge is 0.254 e. The second-order valence-corrected chi connectivity index (χ2v) is 7.66. The molecule has 0 aliphatic carbocycles. The van der Waals surface area contributed by atoms with Crippen LogP contribution < -0.4 is 10.5 Å². The third kappa shape index (κ3) is 4.45. The maximum atomic E-state index is 12.6. The summed E-state index contributed by atoms with van der Waals surface area (Å²) in [7, 11) is 0.